The van der Waals surface area contributed by atoms with Gasteiger partial charge in [0.05, 0.1) is 6.20 Å². The van der Waals surface area contributed by atoms with E-state index in [1.54, 1.807) is 6.20 Å². The van der Waals surface area contributed by atoms with Gasteiger partial charge in [-0.2, -0.15) is 0 Å². The van der Waals surface area contributed by atoms with Crippen LogP contribution in [0, 0.1) is 0 Å². The quantitative estimate of drug-likeness (QED) is 0.646. The van der Waals surface area contributed by atoms with Crippen molar-refractivity contribution in [3.63, 3.8) is 0 Å². The Morgan fingerprint density at radius 3 is 2.70 bits per heavy atom. The van der Waals surface area contributed by atoms with Crippen molar-refractivity contribution in [1.29, 1.82) is 0 Å². The highest BCUT2D eigenvalue weighted by molar-refractivity contribution is 5.90. The van der Waals surface area contributed by atoms with Crippen molar-refractivity contribution in [1.82, 2.24) is 9.88 Å². The Bertz CT molecular complexity index is 872. The van der Waals surface area contributed by atoms with E-state index in [0.29, 0.717) is 25.2 Å². The van der Waals surface area contributed by atoms with E-state index in [2.05, 4.69) is 21.3 Å². The fraction of sp³-hybridized carbons (Fsp3) is 0.273. The molecule has 5 nitrogen and oxygen atoms in total. The molecule has 1 heterocycles. The van der Waals surface area contributed by atoms with Gasteiger partial charge < -0.3 is 14.6 Å². The zero-order valence-electron chi connectivity index (χ0n) is 15.8. The molecule has 0 saturated carbocycles. The van der Waals surface area contributed by atoms with Crippen LogP contribution < -0.4 is 5.32 Å². The lowest BCUT2D eigenvalue weighted by Crippen LogP contribution is -2.13. The number of hydrogen-bond donors (Lipinski definition) is 1. The van der Waals surface area contributed by atoms with Gasteiger partial charge in [-0.3, -0.25) is 4.79 Å². The number of oxazole rings is 1. The van der Waals surface area contributed by atoms with Gasteiger partial charge in [0.25, 0.3) is 0 Å². The van der Waals surface area contributed by atoms with E-state index < -0.39 is 0 Å². The molecule has 0 radical (unpaired) electrons. The van der Waals surface area contributed by atoms with Crippen LogP contribution in [0.25, 0.3) is 11.3 Å². The van der Waals surface area contributed by atoms with E-state index in [9.17, 15) is 4.79 Å². The van der Waals surface area contributed by atoms with Crippen LogP contribution in [0.4, 0.5) is 5.69 Å². The third kappa shape index (κ3) is 5.79. The molecule has 0 aliphatic heterocycles. The number of amides is 1. The van der Waals surface area contributed by atoms with E-state index in [1.807, 2.05) is 62.6 Å². The van der Waals surface area contributed by atoms with Crippen LogP contribution in [0.1, 0.15) is 24.3 Å². The molecule has 140 valence electrons. The van der Waals surface area contributed by atoms with Crippen LogP contribution in [0.5, 0.6) is 0 Å². The standard InChI is InChI=1S/C22H25N3O2/c1-25(2)16-17-8-6-11-19(14-17)24-21(26)12-7-13-22-23-15-20(27-22)18-9-4-3-5-10-18/h3-6,8-11,14-15H,7,12-13,16H2,1-2H3,(H,24,26). The van der Waals surface area contributed by atoms with Gasteiger partial charge in [0, 0.05) is 30.6 Å². The summed E-state index contributed by atoms with van der Waals surface area (Å²) in [4.78, 5) is 18.6. The summed E-state index contributed by atoms with van der Waals surface area (Å²) >= 11 is 0. The van der Waals surface area contributed by atoms with E-state index in [0.717, 1.165) is 23.6 Å². The van der Waals surface area contributed by atoms with Crippen molar-refractivity contribution < 1.29 is 9.21 Å². The lowest BCUT2D eigenvalue weighted by molar-refractivity contribution is -0.116. The van der Waals surface area contributed by atoms with Crippen LogP contribution in [-0.4, -0.2) is 29.9 Å². The fourth-order valence-electron chi connectivity index (χ4n) is 2.90. The summed E-state index contributed by atoms with van der Waals surface area (Å²) in [6.45, 7) is 0.845. The molecule has 0 aliphatic carbocycles. The largest absolute Gasteiger partial charge is 0.441 e. The van der Waals surface area contributed by atoms with Crippen molar-refractivity contribution in [3.05, 3.63) is 72.2 Å². The average molecular weight is 363 g/mol. The summed E-state index contributed by atoms with van der Waals surface area (Å²) in [5.41, 5.74) is 3.01. The maximum absolute atomic E-state index is 12.2. The third-order valence-corrected chi connectivity index (χ3v) is 4.12. The van der Waals surface area contributed by atoms with Gasteiger partial charge in [-0.05, 0) is 38.2 Å². The summed E-state index contributed by atoms with van der Waals surface area (Å²) in [5, 5.41) is 2.96. The topological polar surface area (TPSA) is 58.4 Å². The second-order valence-corrected chi connectivity index (χ2v) is 6.82. The van der Waals surface area contributed by atoms with Crippen LogP contribution in [0.15, 0.2) is 65.2 Å². The molecule has 5 heteroatoms. The van der Waals surface area contributed by atoms with Crippen molar-refractivity contribution >= 4 is 11.6 Å². The molecular weight excluding hydrogens is 338 g/mol. The van der Waals surface area contributed by atoms with Crippen LogP contribution in [0.3, 0.4) is 0 Å². The second-order valence-electron chi connectivity index (χ2n) is 6.82. The first-order valence-corrected chi connectivity index (χ1v) is 9.14. The van der Waals surface area contributed by atoms with E-state index >= 15 is 0 Å². The first-order valence-electron chi connectivity index (χ1n) is 9.14. The highest BCUT2D eigenvalue weighted by atomic mass is 16.4. The Hall–Kier alpha value is -2.92. The summed E-state index contributed by atoms with van der Waals surface area (Å²) in [5.74, 6) is 1.43. The smallest absolute Gasteiger partial charge is 0.224 e. The summed E-state index contributed by atoms with van der Waals surface area (Å²) in [7, 11) is 4.05. The number of nitrogens with zero attached hydrogens (tertiary/aromatic N) is 2. The number of hydrogen-bond acceptors (Lipinski definition) is 4. The third-order valence-electron chi connectivity index (χ3n) is 4.12. The fourth-order valence-corrected chi connectivity index (χ4v) is 2.90. The second kappa shape index (κ2) is 9.14. The molecule has 1 aromatic heterocycles. The summed E-state index contributed by atoms with van der Waals surface area (Å²) < 4.78 is 5.77. The Morgan fingerprint density at radius 2 is 1.93 bits per heavy atom. The number of nitrogens with one attached hydrogen (secondary N) is 1. The molecule has 1 amide bonds. The molecular formula is C22H25N3O2. The predicted molar refractivity (Wildman–Crippen MR) is 107 cm³/mol. The molecule has 0 unspecified atom stereocenters. The van der Waals surface area contributed by atoms with Crippen molar-refractivity contribution in [3.8, 4) is 11.3 Å². The average Bonchev–Trinajstić information content (AvgIpc) is 3.11. The van der Waals surface area contributed by atoms with Crippen LogP contribution >= 0.6 is 0 Å². The number of carbonyl (C=O) groups is 1. The van der Waals surface area contributed by atoms with Crippen molar-refractivity contribution in [2.75, 3.05) is 19.4 Å². The van der Waals surface area contributed by atoms with Gasteiger partial charge in [-0.15, -0.1) is 0 Å². The van der Waals surface area contributed by atoms with Gasteiger partial charge >= 0.3 is 0 Å². The van der Waals surface area contributed by atoms with Crippen LogP contribution in [0.2, 0.25) is 0 Å². The minimum atomic E-state index is 0.00634. The number of rotatable bonds is 8. The molecule has 1 N–H and O–H groups in total. The molecule has 0 aliphatic rings. The number of anilines is 1. The summed E-state index contributed by atoms with van der Waals surface area (Å²) in [6.07, 6.45) is 3.50. The minimum Gasteiger partial charge on any atom is -0.441 e. The Balaban J connectivity index is 1.47. The van der Waals surface area contributed by atoms with Gasteiger partial charge in [-0.25, -0.2) is 4.98 Å². The summed E-state index contributed by atoms with van der Waals surface area (Å²) in [6, 6.07) is 17.8. The SMILES string of the molecule is CN(C)Cc1cccc(NC(=O)CCCc2ncc(-c3ccccc3)o2)c1. The lowest BCUT2D eigenvalue weighted by atomic mass is 10.2. The predicted octanol–water partition coefficient (Wildman–Crippen LogP) is 4.36. The highest BCUT2D eigenvalue weighted by Gasteiger charge is 2.08. The normalized spacial score (nSPS) is 10.9. The molecule has 0 saturated heterocycles. The minimum absolute atomic E-state index is 0.00634. The lowest BCUT2D eigenvalue weighted by Gasteiger charge is -2.11. The van der Waals surface area contributed by atoms with E-state index in [4.69, 9.17) is 4.42 Å². The van der Waals surface area contributed by atoms with E-state index in [1.165, 1.54) is 5.56 Å². The number of benzene rings is 2. The van der Waals surface area contributed by atoms with Gasteiger partial charge in [0.2, 0.25) is 5.91 Å². The number of carbonyl (C=O) groups excluding carboxylic acids is 1. The molecule has 3 aromatic rings. The maximum atomic E-state index is 12.2. The first kappa shape index (κ1) is 18.9. The first-order chi connectivity index (χ1) is 13.1. The van der Waals surface area contributed by atoms with Crippen LogP contribution in [-0.2, 0) is 17.8 Å². The number of aromatic nitrogens is 1. The van der Waals surface area contributed by atoms with Gasteiger partial charge in [-0.1, -0.05) is 42.5 Å². The van der Waals surface area contributed by atoms with Crippen molar-refractivity contribution in [2.45, 2.75) is 25.8 Å². The zero-order chi connectivity index (χ0) is 19.1. The van der Waals surface area contributed by atoms with Gasteiger partial charge in [0.1, 0.15) is 0 Å². The maximum Gasteiger partial charge on any atom is 0.224 e. The Morgan fingerprint density at radius 1 is 1.11 bits per heavy atom. The Kier molecular flexibility index (Phi) is 6.39. The molecule has 2 aromatic carbocycles. The molecule has 0 fully saturated rings. The highest BCUT2D eigenvalue weighted by Crippen LogP contribution is 2.20. The molecule has 0 atom stereocenters. The Labute approximate surface area is 160 Å². The molecule has 0 spiro atoms. The monoisotopic (exact) mass is 363 g/mol. The molecule has 0 bridgehead atoms. The zero-order valence-corrected chi connectivity index (χ0v) is 15.8. The number of aryl methyl sites for hydroxylation is 1. The van der Waals surface area contributed by atoms with Gasteiger partial charge in [0.15, 0.2) is 11.7 Å². The molecule has 27 heavy (non-hydrogen) atoms. The molecule has 3 rings (SSSR count). The van der Waals surface area contributed by atoms with Crippen molar-refractivity contribution in [2.24, 2.45) is 0 Å². The van der Waals surface area contributed by atoms with E-state index in [-0.39, 0.29) is 5.91 Å².